The molecule has 0 saturated heterocycles. The topological polar surface area (TPSA) is 70.5 Å². The maximum absolute atomic E-state index is 14.2. The van der Waals surface area contributed by atoms with Gasteiger partial charge in [-0.25, -0.2) is 32.5 Å². The number of imidazole rings is 1. The summed E-state index contributed by atoms with van der Waals surface area (Å²) in [6.45, 7) is 0.0251. The Labute approximate surface area is 161 Å². The Balaban J connectivity index is 1.67. The Morgan fingerprint density at radius 3 is 2.62 bits per heavy atom. The summed E-state index contributed by atoms with van der Waals surface area (Å²) in [6.07, 6.45) is 4.41. The number of nitrogens with zero attached hydrogens (tertiary/aromatic N) is 5. The molecule has 6 nitrogen and oxygen atoms in total. The van der Waals surface area contributed by atoms with Crippen molar-refractivity contribution in [1.29, 1.82) is 0 Å². The third-order valence-electron chi connectivity index (χ3n) is 5.21. The van der Waals surface area contributed by atoms with Crippen LogP contribution in [-0.4, -0.2) is 25.4 Å². The normalized spacial score (nSPS) is 16.4. The van der Waals surface area contributed by atoms with Gasteiger partial charge in [-0.3, -0.25) is 0 Å². The smallest absolute Gasteiger partial charge is 0.249 e. The Hall–Kier alpha value is -3.30. The van der Waals surface area contributed by atoms with Crippen molar-refractivity contribution >= 4 is 22.1 Å². The van der Waals surface area contributed by atoms with Crippen LogP contribution in [0.25, 0.3) is 22.1 Å². The van der Waals surface area contributed by atoms with Crippen molar-refractivity contribution in [2.75, 3.05) is 0 Å². The van der Waals surface area contributed by atoms with Gasteiger partial charge in [0.2, 0.25) is 5.92 Å². The van der Waals surface area contributed by atoms with Crippen molar-refractivity contribution in [3.05, 3.63) is 65.1 Å². The van der Waals surface area contributed by atoms with Crippen LogP contribution in [0.4, 0.5) is 17.6 Å². The molecular weight excluding hydrogens is 390 g/mol. The molecule has 1 aliphatic rings. The van der Waals surface area contributed by atoms with Gasteiger partial charge in [-0.2, -0.15) is 4.73 Å². The molecule has 148 valence electrons. The highest BCUT2D eigenvalue weighted by atomic mass is 19.3. The van der Waals surface area contributed by atoms with Crippen molar-refractivity contribution in [2.45, 2.75) is 31.2 Å². The fraction of sp³-hybridized carbons (Fsp3) is 0.263. The quantitative estimate of drug-likeness (QED) is 0.299. The summed E-state index contributed by atoms with van der Waals surface area (Å²) in [6, 6.07) is 2.36. The second kappa shape index (κ2) is 6.10. The number of rotatable bonds is 3. The predicted molar refractivity (Wildman–Crippen MR) is 94.2 cm³/mol. The first kappa shape index (κ1) is 17.8. The zero-order valence-corrected chi connectivity index (χ0v) is 14.8. The summed E-state index contributed by atoms with van der Waals surface area (Å²) < 4.78 is 56.7. The van der Waals surface area contributed by atoms with Crippen LogP contribution in [0.2, 0.25) is 0 Å². The summed E-state index contributed by atoms with van der Waals surface area (Å²) in [5, 5.41) is 12.2. The molecule has 10 heteroatoms. The van der Waals surface area contributed by atoms with Gasteiger partial charge in [-0.15, -0.1) is 0 Å². The fourth-order valence-corrected chi connectivity index (χ4v) is 3.84. The number of hydrogen-bond donors (Lipinski definition) is 0. The Morgan fingerprint density at radius 1 is 1.10 bits per heavy atom. The number of aromatic nitrogens is 5. The standard InChI is InChI=1S/C19H13F4N5O/c20-14-2-1-12-11(7-27(29)9-13(12)15(14)21)8-28-17(10-5-19(22,23)6-10)26-16-18(28)25-4-3-24-16/h1-4,7,9-10H,5-6,8H2. The van der Waals surface area contributed by atoms with Gasteiger partial charge >= 0.3 is 0 Å². The van der Waals surface area contributed by atoms with E-state index >= 15 is 0 Å². The number of fused-ring (bicyclic) bond motifs is 2. The monoisotopic (exact) mass is 403 g/mol. The van der Waals surface area contributed by atoms with Crippen molar-refractivity contribution in [1.82, 2.24) is 19.5 Å². The average Bonchev–Trinajstić information content (AvgIpc) is 3.01. The lowest BCUT2D eigenvalue weighted by Gasteiger charge is -2.34. The highest BCUT2D eigenvalue weighted by molar-refractivity contribution is 5.85. The van der Waals surface area contributed by atoms with Crippen LogP contribution in [0.3, 0.4) is 0 Å². The number of halogens is 4. The van der Waals surface area contributed by atoms with Crippen molar-refractivity contribution in [3.63, 3.8) is 0 Å². The molecule has 0 aliphatic heterocycles. The Kier molecular flexibility index (Phi) is 3.74. The van der Waals surface area contributed by atoms with Gasteiger partial charge in [0.15, 0.2) is 35.3 Å². The summed E-state index contributed by atoms with van der Waals surface area (Å²) in [4.78, 5) is 12.7. The minimum Gasteiger partial charge on any atom is -0.619 e. The lowest BCUT2D eigenvalue weighted by Crippen LogP contribution is -2.35. The van der Waals surface area contributed by atoms with E-state index < -0.39 is 23.5 Å². The minimum atomic E-state index is -2.74. The van der Waals surface area contributed by atoms with Crippen molar-refractivity contribution < 1.29 is 22.3 Å². The highest BCUT2D eigenvalue weighted by Gasteiger charge is 2.48. The number of alkyl halides is 2. The molecule has 1 aliphatic carbocycles. The van der Waals surface area contributed by atoms with E-state index in [0.717, 1.165) is 12.3 Å². The molecule has 1 fully saturated rings. The van der Waals surface area contributed by atoms with Crippen LogP contribution >= 0.6 is 0 Å². The van der Waals surface area contributed by atoms with Crippen molar-refractivity contribution in [3.8, 4) is 0 Å². The van der Waals surface area contributed by atoms with Crippen LogP contribution in [0.15, 0.2) is 36.9 Å². The van der Waals surface area contributed by atoms with Gasteiger partial charge in [0, 0.05) is 42.1 Å². The first-order valence-electron chi connectivity index (χ1n) is 8.87. The van der Waals surface area contributed by atoms with Crippen LogP contribution in [0.5, 0.6) is 0 Å². The molecule has 0 N–H and O–H groups in total. The van der Waals surface area contributed by atoms with E-state index in [-0.39, 0.29) is 24.8 Å². The van der Waals surface area contributed by atoms with E-state index in [1.807, 2.05) is 0 Å². The molecule has 4 aromatic rings. The lowest BCUT2D eigenvalue weighted by molar-refractivity contribution is -0.604. The first-order chi connectivity index (χ1) is 13.8. The molecular formula is C19H13F4N5O. The highest BCUT2D eigenvalue weighted by Crippen LogP contribution is 2.48. The van der Waals surface area contributed by atoms with Crippen LogP contribution in [0.1, 0.15) is 30.1 Å². The number of hydrogen-bond acceptors (Lipinski definition) is 4. The molecule has 0 unspecified atom stereocenters. The first-order valence-corrected chi connectivity index (χ1v) is 8.87. The summed E-state index contributed by atoms with van der Waals surface area (Å²) >= 11 is 0. The third-order valence-corrected chi connectivity index (χ3v) is 5.21. The van der Waals surface area contributed by atoms with E-state index in [1.165, 1.54) is 24.7 Å². The maximum atomic E-state index is 14.2. The second-order valence-electron chi connectivity index (χ2n) is 7.19. The molecule has 0 radical (unpaired) electrons. The summed E-state index contributed by atoms with van der Waals surface area (Å²) in [7, 11) is 0. The van der Waals surface area contributed by atoms with Crippen LogP contribution in [-0.2, 0) is 6.54 Å². The molecule has 0 atom stereocenters. The van der Waals surface area contributed by atoms with E-state index in [4.69, 9.17) is 0 Å². The van der Waals surface area contributed by atoms with Gasteiger partial charge in [0.1, 0.15) is 5.82 Å². The van der Waals surface area contributed by atoms with Gasteiger partial charge in [-0.05, 0) is 6.07 Å². The molecule has 0 spiro atoms. The molecule has 1 aromatic carbocycles. The fourth-order valence-electron chi connectivity index (χ4n) is 3.84. The van der Waals surface area contributed by atoms with Crippen LogP contribution < -0.4 is 4.73 Å². The SMILES string of the molecule is [O-][n+]1cc(Cn2c(C3CC(F)(F)C3)nc3nccnc32)c2ccc(F)c(F)c2c1. The average molecular weight is 403 g/mol. The van der Waals surface area contributed by atoms with Gasteiger partial charge in [0.05, 0.1) is 11.9 Å². The summed E-state index contributed by atoms with van der Waals surface area (Å²) in [5.74, 6) is -5.03. The Morgan fingerprint density at radius 2 is 1.86 bits per heavy atom. The molecule has 3 heterocycles. The van der Waals surface area contributed by atoms with Crippen LogP contribution in [0, 0.1) is 16.8 Å². The number of benzene rings is 1. The molecule has 0 bridgehead atoms. The zero-order valence-electron chi connectivity index (χ0n) is 14.8. The van der Waals surface area contributed by atoms with E-state index in [1.54, 1.807) is 4.57 Å². The van der Waals surface area contributed by atoms with Crippen molar-refractivity contribution in [2.24, 2.45) is 0 Å². The van der Waals surface area contributed by atoms with E-state index in [0.29, 0.717) is 32.8 Å². The zero-order chi connectivity index (χ0) is 20.3. The third kappa shape index (κ3) is 2.86. The van der Waals surface area contributed by atoms with E-state index in [2.05, 4.69) is 15.0 Å². The van der Waals surface area contributed by atoms with E-state index in [9.17, 15) is 22.8 Å². The van der Waals surface area contributed by atoms with Gasteiger partial charge in [0.25, 0.3) is 0 Å². The minimum absolute atomic E-state index is 0.0251. The second-order valence-corrected chi connectivity index (χ2v) is 7.19. The van der Waals surface area contributed by atoms with Gasteiger partial charge < -0.3 is 9.77 Å². The maximum Gasteiger partial charge on any atom is 0.249 e. The molecule has 29 heavy (non-hydrogen) atoms. The largest absolute Gasteiger partial charge is 0.619 e. The molecule has 3 aromatic heterocycles. The molecule has 5 rings (SSSR count). The Bertz CT molecular complexity index is 1260. The predicted octanol–water partition coefficient (Wildman–Crippen LogP) is 3.45. The number of pyridine rings is 1. The molecule has 0 amide bonds. The lowest BCUT2D eigenvalue weighted by atomic mass is 9.80. The molecule has 1 saturated carbocycles. The van der Waals surface area contributed by atoms with Gasteiger partial charge in [-0.1, -0.05) is 6.07 Å². The summed E-state index contributed by atoms with van der Waals surface area (Å²) in [5.41, 5.74) is 1.05.